The van der Waals surface area contributed by atoms with Crippen molar-refractivity contribution in [2.75, 3.05) is 40.4 Å². The average Bonchev–Trinajstić information content (AvgIpc) is 2.73. The third kappa shape index (κ3) is 10.0. The lowest BCUT2D eigenvalue weighted by molar-refractivity contribution is -0.890. The van der Waals surface area contributed by atoms with Gasteiger partial charge in [0.25, 0.3) is 20.2 Å². The van der Waals surface area contributed by atoms with Gasteiger partial charge in [-0.1, -0.05) is 73.8 Å². The van der Waals surface area contributed by atoms with Gasteiger partial charge in [-0.25, -0.2) is 0 Å². The Bertz CT molecular complexity index is 1040. The summed E-state index contributed by atoms with van der Waals surface area (Å²) in [5, 5.41) is 0. The highest BCUT2D eigenvalue weighted by molar-refractivity contribution is 7.86. The lowest BCUT2D eigenvalue weighted by Crippen LogP contribution is -2.45. The maximum Gasteiger partial charge on any atom is 0.271 e. The van der Waals surface area contributed by atoms with Crippen LogP contribution in [0.15, 0.2) is 61.7 Å². The number of quaternary nitrogens is 1. The largest absolute Gasteiger partial charge is 0.325 e. The third-order valence-corrected chi connectivity index (χ3v) is 7.46. The molecule has 0 aliphatic rings. The quantitative estimate of drug-likeness (QED) is 0.295. The number of hydrogen-bond acceptors (Lipinski definition) is 6. The van der Waals surface area contributed by atoms with Crippen LogP contribution < -0.4 is 0 Å². The molecule has 0 fully saturated rings. The summed E-state index contributed by atoms with van der Waals surface area (Å²) in [4.78, 5) is 0. The number of likely N-dealkylation sites (N-methyl/N-ethyl adjacent to an activating group) is 1. The van der Waals surface area contributed by atoms with E-state index in [1.54, 1.807) is 60.7 Å². The predicted molar refractivity (Wildman–Crippen MR) is 132 cm³/mol. The van der Waals surface area contributed by atoms with Crippen LogP contribution in [0.3, 0.4) is 0 Å². The second kappa shape index (κ2) is 11.7. The Morgan fingerprint density at radius 2 is 1.03 bits per heavy atom. The van der Waals surface area contributed by atoms with E-state index in [-0.39, 0.29) is 24.7 Å². The van der Waals surface area contributed by atoms with E-state index in [4.69, 9.17) is 8.37 Å². The van der Waals surface area contributed by atoms with Gasteiger partial charge in [-0.05, 0) is 22.3 Å². The Morgan fingerprint density at radius 3 is 1.33 bits per heavy atom. The molecule has 2 aromatic rings. The highest BCUT2D eigenvalue weighted by atomic mass is 32.2. The van der Waals surface area contributed by atoms with E-state index in [2.05, 4.69) is 13.2 Å². The smallest absolute Gasteiger partial charge is 0.271 e. The normalized spacial score (nSPS) is 12.4. The Balaban J connectivity index is 1.76. The molecule has 33 heavy (non-hydrogen) atoms. The van der Waals surface area contributed by atoms with E-state index in [0.29, 0.717) is 28.7 Å². The summed E-state index contributed by atoms with van der Waals surface area (Å²) in [5.41, 5.74) is 3.08. The first kappa shape index (κ1) is 26.9. The molecule has 0 radical (unpaired) electrons. The highest BCUT2D eigenvalue weighted by Gasteiger charge is 2.21. The molecule has 0 aromatic heterocycles. The maximum atomic E-state index is 12.2. The van der Waals surface area contributed by atoms with Crippen molar-refractivity contribution < 1.29 is 29.7 Å². The van der Waals surface area contributed by atoms with E-state index in [1.165, 1.54) is 0 Å². The molecular weight excluding hydrogens is 462 g/mol. The number of rotatable bonds is 14. The summed E-state index contributed by atoms with van der Waals surface area (Å²) >= 11 is 0. The molecule has 0 amide bonds. The molecule has 2 aromatic carbocycles. The fourth-order valence-corrected chi connectivity index (χ4v) is 4.95. The van der Waals surface area contributed by atoms with Crippen molar-refractivity contribution in [2.45, 2.75) is 11.5 Å². The topological polar surface area (TPSA) is 86.7 Å². The maximum absolute atomic E-state index is 12.2. The van der Waals surface area contributed by atoms with Gasteiger partial charge in [0.1, 0.15) is 37.8 Å². The lowest BCUT2D eigenvalue weighted by atomic mass is 10.1. The molecule has 0 aliphatic carbocycles. The van der Waals surface area contributed by atoms with Crippen molar-refractivity contribution in [3.8, 4) is 0 Å². The summed E-state index contributed by atoms with van der Waals surface area (Å²) in [5.74, 6) is -0.431. The van der Waals surface area contributed by atoms with Gasteiger partial charge in [-0.2, -0.15) is 16.8 Å². The number of hydrogen-bond donors (Lipinski definition) is 0. The van der Waals surface area contributed by atoms with Gasteiger partial charge >= 0.3 is 0 Å². The second-order valence-corrected chi connectivity index (χ2v) is 11.6. The van der Waals surface area contributed by atoms with Crippen LogP contribution >= 0.6 is 0 Å². The first-order valence-corrected chi connectivity index (χ1v) is 13.6. The molecule has 0 spiro atoms. The average molecular weight is 495 g/mol. The predicted octanol–water partition coefficient (Wildman–Crippen LogP) is 3.44. The molecule has 2 rings (SSSR count). The van der Waals surface area contributed by atoms with E-state index in [1.807, 2.05) is 14.1 Å². The van der Waals surface area contributed by atoms with Crippen LogP contribution in [0, 0.1) is 0 Å². The van der Waals surface area contributed by atoms with Crippen LogP contribution in [0.5, 0.6) is 0 Å². The molecule has 0 saturated carbocycles. The Kier molecular flexibility index (Phi) is 9.57. The van der Waals surface area contributed by atoms with Crippen LogP contribution in [0.2, 0.25) is 0 Å². The fourth-order valence-electron chi connectivity index (χ4n) is 2.93. The SMILES string of the molecule is C=Cc1ccc(CS(=O)(=O)OCC[N+](C)(C)CCOS(=O)(=O)Cc2ccc(C=C)cc2)cc1. The summed E-state index contributed by atoms with van der Waals surface area (Å²) in [6, 6.07) is 14.1. The van der Waals surface area contributed by atoms with Crippen molar-refractivity contribution in [3.05, 3.63) is 83.9 Å². The van der Waals surface area contributed by atoms with Crippen LogP contribution in [-0.2, 0) is 40.1 Å². The van der Waals surface area contributed by atoms with Gasteiger partial charge in [-0.3, -0.25) is 8.37 Å². The van der Waals surface area contributed by atoms with Crippen LogP contribution in [-0.4, -0.2) is 61.7 Å². The fraction of sp³-hybridized carbons (Fsp3) is 0.333. The molecule has 180 valence electrons. The zero-order chi connectivity index (χ0) is 24.5. The minimum atomic E-state index is -3.73. The highest BCUT2D eigenvalue weighted by Crippen LogP contribution is 2.12. The van der Waals surface area contributed by atoms with E-state index < -0.39 is 20.2 Å². The van der Waals surface area contributed by atoms with Gasteiger partial charge in [0.05, 0.1) is 14.1 Å². The van der Waals surface area contributed by atoms with E-state index in [0.717, 1.165) is 11.1 Å². The summed E-state index contributed by atoms with van der Waals surface area (Å²) in [6.07, 6.45) is 3.37. The molecular formula is C24H32NO6S2+. The van der Waals surface area contributed by atoms with Crippen molar-refractivity contribution in [1.82, 2.24) is 0 Å². The lowest BCUT2D eigenvalue weighted by Gasteiger charge is -2.29. The minimum Gasteiger partial charge on any atom is -0.325 e. The first-order valence-electron chi connectivity index (χ1n) is 10.4. The van der Waals surface area contributed by atoms with Gasteiger partial charge in [0.2, 0.25) is 0 Å². The molecule has 0 bridgehead atoms. The minimum absolute atomic E-state index is 0.0114. The molecule has 0 aliphatic heterocycles. The zero-order valence-electron chi connectivity index (χ0n) is 19.1. The van der Waals surface area contributed by atoms with Crippen LogP contribution in [0.25, 0.3) is 12.2 Å². The van der Waals surface area contributed by atoms with Gasteiger partial charge in [0, 0.05) is 0 Å². The summed E-state index contributed by atoms with van der Waals surface area (Å²) in [7, 11) is -3.75. The third-order valence-electron chi connectivity index (χ3n) is 5.04. The molecule has 0 N–H and O–H groups in total. The Labute approximate surface area is 197 Å². The monoisotopic (exact) mass is 494 g/mol. The van der Waals surface area contributed by atoms with E-state index >= 15 is 0 Å². The molecule has 0 heterocycles. The molecule has 0 unspecified atom stereocenters. The first-order chi connectivity index (χ1) is 15.4. The van der Waals surface area contributed by atoms with Crippen LogP contribution in [0.1, 0.15) is 22.3 Å². The zero-order valence-corrected chi connectivity index (χ0v) is 20.8. The van der Waals surface area contributed by atoms with Gasteiger partial charge in [0.15, 0.2) is 0 Å². The Morgan fingerprint density at radius 1 is 0.697 bits per heavy atom. The van der Waals surface area contributed by atoms with Crippen molar-refractivity contribution >= 4 is 32.4 Å². The van der Waals surface area contributed by atoms with Crippen molar-refractivity contribution in [1.29, 1.82) is 0 Å². The Hall–Kier alpha value is -2.30. The summed E-state index contributed by atoms with van der Waals surface area (Å²) in [6.45, 7) is 8.06. The van der Waals surface area contributed by atoms with Gasteiger partial charge in [-0.15, -0.1) is 0 Å². The summed E-state index contributed by atoms with van der Waals surface area (Å²) < 4.78 is 59.6. The van der Waals surface area contributed by atoms with Crippen LogP contribution in [0.4, 0.5) is 0 Å². The van der Waals surface area contributed by atoms with E-state index in [9.17, 15) is 16.8 Å². The number of nitrogens with zero attached hydrogens (tertiary/aromatic N) is 1. The molecule has 0 atom stereocenters. The number of benzene rings is 2. The molecule has 7 nitrogen and oxygen atoms in total. The molecule has 0 saturated heterocycles. The molecule has 9 heteroatoms. The van der Waals surface area contributed by atoms with Gasteiger partial charge < -0.3 is 4.48 Å². The second-order valence-electron chi connectivity index (χ2n) is 8.32. The standard InChI is InChI=1S/C24H32NO6S2/c1-5-21-7-11-23(12-8-21)19-32(26,27)30-17-15-25(3,4)16-18-31-33(28,29)20-24-13-9-22(6-2)10-14-24/h5-14H,1-2,15-20H2,3-4H3/q+1. The van der Waals surface area contributed by atoms with Crippen molar-refractivity contribution in [3.63, 3.8) is 0 Å². The van der Waals surface area contributed by atoms with Crippen molar-refractivity contribution in [2.24, 2.45) is 0 Å².